The van der Waals surface area contributed by atoms with Crippen molar-refractivity contribution in [2.24, 2.45) is 5.92 Å². The van der Waals surface area contributed by atoms with Crippen LogP contribution in [0.2, 0.25) is 0 Å². The minimum atomic E-state index is 0.586. The smallest absolute Gasteiger partial charge is 0.0726 e. The van der Waals surface area contributed by atoms with Crippen LogP contribution >= 0.6 is 0 Å². The van der Waals surface area contributed by atoms with Gasteiger partial charge in [-0.2, -0.15) is 0 Å². The van der Waals surface area contributed by atoms with Gasteiger partial charge in [0.2, 0.25) is 0 Å². The number of anilines is 1. The van der Waals surface area contributed by atoms with Crippen molar-refractivity contribution in [3.05, 3.63) is 47.2 Å². The lowest BCUT2D eigenvalue weighted by Gasteiger charge is -2.36. The lowest BCUT2D eigenvalue weighted by atomic mass is 9.70. The van der Waals surface area contributed by atoms with E-state index in [1.807, 2.05) is 6.07 Å². The topological polar surface area (TPSA) is 38.9 Å². The molecular formula is C20H24N2. The Hall–Kier alpha value is -1.83. The zero-order valence-corrected chi connectivity index (χ0v) is 13.3. The molecule has 2 atom stereocenters. The fraction of sp³-hybridized carbons (Fsp3) is 0.450. The van der Waals surface area contributed by atoms with Crippen molar-refractivity contribution in [3.63, 3.8) is 0 Å². The molecule has 114 valence electrons. The number of para-hydroxylation sites is 1. The standard InChI is InChI=1S/C20H24N2/c1-2-3-6-13-9-14-11-15(10-13)19-18(12-14)22-17-8-5-4-7-16(17)20(19)21/h4-5,7-9,14-15H,2-3,6,10-12H2,1H3,(H2,21,22)/t14-,15+/m1/s1. The van der Waals surface area contributed by atoms with Gasteiger partial charge in [0.15, 0.2) is 0 Å². The largest absolute Gasteiger partial charge is 0.398 e. The Labute approximate surface area is 132 Å². The van der Waals surface area contributed by atoms with Crippen LogP contribution in [0.3, 0.4) is 0 Å². The van der Waals surface area contributed by atoms with Gasteiger partial charge in [0.1, 0.15) is 0 Å². The zero-order chi connectivity index (χ0) is 15.1. The second-order valence-corrected chi connectivity index (χ2v) is 6.93. The maximum Gasteiger partial charge on any atom is 0.0726 e. The molecule has 2 N–H and O–H groups in total. The van der Waals surface area contributed by atoms with Crippen LogP contribution in [0.25, 0.3) is 10.9 Å². The molecule has 2 bridgehead atoms. The van der Waals surface area contributed by atoms with Crippen LogP contribution in [0.1, 0.15) is 56.2 Å². The first-order valence-electron chi connectivity index (χ1n) is 8.62. The molecule has 0 spiro atoms. The number of nitrogens with zero attached hydrogens (tertiary/aromatic N) is 1. The summed E-state index contributed by atoms with van der Waals surface area (Å²) in [7, 11) is 0. The molecule has 0 unspecified atom stereocenters. The maximum atomic E-state index is 6.56. The summed E-state index contributed by atoms with van der Waals surface area (Å²) in [6, 6.07) is 8.30. The second-order valence-electron chi connectivity index (χ2n) is 6.93. The van der Waals surface area contributed by atoms with Crippen molar-refractivity contribution in [2.75, 3.05) is 5.73 Å². The van der Waals surface area contributed by atoms with Crippen LogP contribution in [0, 0.1) is 5.92 Å². The van der Waals surface area contributed by atoms with E-state index in [2.05, 4.69) is 31.2 Å². The third-order valence-electron chi connectivity index (χ3n) is 5.33. The van der Waals surface area contributed by atoms with Gasteiger partial charge in [-0.25, -0.2) is 0 Å². The summed E-state index contributed by atoms with van der Waals surface area (Å²) in [6.07, 6.45) is 9.90. The lowest BCUT2D eigenvalue weighted by molar-refractivity contribution is 0.426. The Morgan fingerprint density at radius 3 is 2.95 bits per heavy atom. The number of hydrogen-bond donors (Lipinski definition) is 1. The summed E-state index contributed by atoms with van der Waals surface area (Å²) in [5.41, 5.74) is 12.9. The average molecular weight is 292 g/mol. The van der Waals surface area contributed by atoms with Crippen LogP contribution in [0.5, 0.6) is 0 Å². The van der Waals surface area contributed by atoms with E-state index in [1.54, 1.807) is 5.57 Å². The maximum absolute atomic E-state index is 6.56. The van der Waals surface area contributed by atoms with Crippen molar-refractivity contribution in [1.29, 1.82) is 0 Å². The fourth-order valence-corrected chi connectivity index (χ4v) is 4.35. The first kappa shape index (κ1) is 13.8. The minimum Gasteiger partial charge on any atom is -0.398 e. The van der Waals surface area contributed by atoms with Gasteiger partial charge in [0, 0.05) is 22.3 Å². The molecule has 22 heavy (non-hydrogen) atoms. The van der Waals surface area contributed by atoms with Gasteiger partial charge in [0.05, 0.1) is 5.52 Å². The highest BCUT2D eigenvalue weighted by molar-refractivity contribution is 5.92. The molecule has 4 rings (SSSR count). The number of fused-ring (bicyclic) bond motifs is 5. The molecule has 2 nitrogen and oxygen atoms in total. The first-order chi connectivity index (χ1) is 10.8. The summed E-state index contributed by atoms with van der Waals surface area (Å²) in [6.45, 7) is 2.27. The normalized spacial score (nSPS) is 23.2. The number of unbranched alkanes of at least 4 members (excludes halogenated alkanes) is 1. The lowest BCUT2D eigenvalue weighted by Crippen LogP contribution is -2.24. The van der Waals surface area contributed by atoms with E-state index in [4.69, 9.17) is 10.7 Å². The number of rotatable bonds is 3. The highest BCUT2D eigenvalue weighted by atomic mass is 14.7. The molecule has 2 aliphatic rings. The number of aromatic nitrogens is 1. The van der Waals surface area contributed by atoms with E-state index in [1.165, 1.54) is 43.4 Å². The van der Waals surface area contributed by atoms with Crippen LogP contribution in [-0.4, -0.2) is 4.98 Å². The highest BCUT2D eigenvalue weighted by Gasteiger charge is 2.33. The van der Waals surface area contributed by atoms with Gasteiger partial charge in [0.25, 0.3) is 0 Å². The molecule has 0 radical (unpaired) electrons. The Bertz CT molecular complexity index is 745. The molecule has 2 aliphatic carbocycles. The zero-order valence-electron chi connectivity index (χ0n) is 13.3. The van der Waals surface area contributed by atoms with E-state index in [0.717, 1.165) is 23.0 Å². The number of pyridine rings is 1. The third-order valence-corrected chi connectivity index (χ3v) is 5.33. The van der Waals surface area contributed by atoms with Gasteiger partial charge in [-0.3, -0.25) is 4.98 Å². The Morgan fingerprint density at radius 2 is 2.09 bits per heavy atom. The summed E-state index contributed by atoms with van der Waals surface area (Å²) in [4.78, 5) is 4.94. The van der Waals surface area contributed by atoms with Gasteiger partial charge in [-0.1, -0.05) is 43.2 Å². The SMILES string of the molecule is CCCCC1=C[C@H]2Cc3nc4ccccc4c(N)c3[C@@H](C1)C2. The molecule has 0 saturated carbocycles. The van der Waals surface area contributed by atoms with Gasteiger partial charge in [-0.05, 0) is 50.0 Å². The van der Waals surface area contributed by atoms with Crippen molar-refractivity contribution >= 4 is 16.6 Å². The second kappa shape index (κ2) is 5.42. The number of allylic oxidation sites excluding steroid dienone is 2. The van der Waals surface area contributed by atoms with Gasteiger partial charge in [-0.15, -0.1) is 0 Å². The Balaban J connectivity index is 1.77. The van der Waals surface area contributed by atoms with Crippen molar-refractivity contribution in [1.82, 2.24) is 4.98 Å². The van der Waals surface area contributed by atoms with Crippen LogP contribution in [-0.2, 0) is 6.42 Å². The molecule has 2 heteroatoms. The minimum absolute atomic E-state index is 0.586. The predicted octanol–water partition coefficient (Wildman–Crippen LogP) is 4.98. The molecule has 1 heterocycles. The summed E-state index contributed by atoms with van der Waals surface area (Å²) in [5.74, 6) is 1.26. The van der Waals surface area contributed by atoms with E-state index in [0.29, 0.717) is 11.8 Å². The third kappa shape index (κ3) is 2.22. The monoisotopic (exact) mass is 292 g/mol. The molecule has 1 aromatic heterocycles. The van der Waals surface area contributed by atoms with Gasteiger partial charge < -0.3 is 5.73 Å². The molecule has 1 aromatic carbocycles. The average Bonchev–Trinajstić information content (AvgIpc) is 2.52. The number of hydrogen-bond acceptors (Lipinski definition) is 2. The molecular weight excluding hydrogens is 268 g/mol. The van der Waals surface area contributed by atoms with E-state index in [-0.39, 0.29) is 0 Å². The Morgan fingerprint density at radius 1 is 1.23 bits per heavy atom. The van der Waals surface area contributed by atoms with E-state index < -0.39 is 0 Å². The van der Waals surface area contributed by atoms with Crippen molar-refractivity contribution in [2.45, 2.75) is 51.4 Å². The Kier molecular flexibility index (Phi) is 3.40. The molecule has 0 amide bonds. The predicted molar refractivity (Wildman–Crippen MR) is 92.9 cm³/mol. The van der Waals surface area contributed by atoms with E-state index in [9.17, 15) is 0 Å². The van der Waals surface area contributed by atoms with E-state index >= 15 is 0 Å². The number of nitrogen functional groups attached to an aromatic ring is 1. The molecule has 2 aromatic rings. The van der Waals surface area contributed by atoms with Crippen LogP contribution < -0.4 is 5.73 Å². The first-order valence-corrected chi connectivity index (χ1v) is 8.62. The number of benzene rings is 1. The summed E-state index contributed by atoms with van der Waals surface area (Å²) < 4.78 is 0. The van der Waals surface area contributed by atoms with Gasteiger partial charge >= 0.3 is 0 Å². The molecule has 0 aliphatic heterocycles. The molecule has 0 fully saturated rings. The molecule has 0 saturated heterocycles. The van der Waals surface area contributed by atoms with Crippen LogP contribution in [0.4, 0.5) is 5.69 Å². The quantitative estimate of drug-likeness (QED) is 0.810. The fourth-order valence-electron chi connectivity index (χ4n) is 4.35. The van der Waals surface area contributed by atoms with Crippen molar-refractivity contribution in [3.8, 4) is 0 Å². The van der Waals surface area contributed by atoms with Crippen LogP contribution in [0.15, 0.2) is 35.9 Å². The summed E-state index contributed by atoms with van der Waals surface area (Å²) in [5, 5.41) is 1.13. The highest BCUT2D eigenvalue weighted by Crippen LogP contribution is 2.47. The summed E-state index contributed by atoms with van der Waals surface area (Å²) >= 11 is 0. The van der Waals surface area contributed by atoms with Crippen molar-refractivity contribution < 1.29 is 0 Å². The number of nitrogens with two attached hydrogens (primary N) is 1.